The predicted octanol–water partition coefficient (Wildman–Crippen LogP) is 5.43. The molecule has 0 radical (unpaired) electrons. The molecule has 1 heterocycles. The van der Waals surface area contributed by atoms with Gasteiger partial charge in [-0.15, -0.1) is 11.3 Å². The molecule has 0 fully saturated rings. The standard InChI is InChI=1S/C19H18O2S/c1-5-11-21-17-10-8-15-14-7-9-16(20-6-2)12(3)18(14)22-19(15)13(17)4/h2,7-10H,5,11H2,1,3-4H3. The second kappa shape index (κ2) is 5.90. The van der Waals surface area contributed by atoms with Crippen LogP contribution in [0.1, 0.15) is 24.5 Å². The van der Waals surface area contributed by atoms with Gasteiger partial charge in [-0.1, -0.05) is 13.3 Å². The minimum Gasteiger partial charge on any atom is -0.493 e. The Morgan fingerprint density at radius 3 is 2.18 bits per heavy atom. The van der Waals surface area contributed by atoms with Crippen LogP contribution in [0.3, 0.4) is 0 Å². The zero-order valence-electron chi connectivity index (χ0n) is 13.0. The summed E-state index contributed by atoms with van der Waals surface area (Å²) in [7, 11) is 0. The third-order valence-corrected chi connectivity index (χ3v) is 5.30. The van der Waals surface area contributed by atoms with Crippen LogP contribution in [0, 0.1) is 26.4 Å². The number of terminal acetylenes is 1. The van der Waals surface area contributed by atoms with Gasteiger partial charge in [-0.05, 0) is 44.5 Å². The van der Waals surface area contributed by atoms with E-state index in [4.69, 9.17) is 15.9 Å². The number of hydrogen-bond acceptors (Lipinski definition) is 3. The zero-order valence-corrected chi connectivity index (χ0v) is 13.8. The Morgan fingerprint density at radius 1 is 1.00 bits per heavy atom. The van der Waals surface area contributed by atoms with E-state index in [1.165, 1.54) is 25.7 Å². The molecule has 2 nitrogen and oxygen atoms in total. The first-order valence-electron chi connectivity index (χ1n) is 7.38. The molecular weight excluding hydrogens is 292 g/mol. The van der Waals surface area contributed by atoms with Crippen LogP contribution in [0.2, 0.25) is 0 Å². The van der Waals surface area contributed by atoms with Gasteiger partial charge in [0.1, 0.15) is 17.6 Å². The largest absolute Gasteiger partial charge is 0.493 e. The first-order valence-corrected chi connectivity index (χ1v) is 8.19. The summed E-state index contributed by atoms with van der Waals surface area (Å²) in [6, 6.07) is 8.24. The average molecular weight is 310 g/mol. The van der Waals surface area contributed by atoms with Crippen molar-refractivity contribution in [1.82, 2.24) is 0 Å². The fourth-order valence-electron chi connectivity index (χ4n) is 2.68. The molecule has 3 heteroatoms. The predicted molar refractivity (Wildman–Crippen MR) is 94.1 cm³/mol. The quantitative estimate of drug-likeness (QED) is 0.598. The summed E-state index contributed by atoms with van der Waals surface area (Å²) in [5, 5.41) is 2.50. The Morgan fingerprint density at radius 2 is 1.59 bits per heavy atom. The maximum atomic E-state index is 5.84. The molecule has 22 heavy (non-hydrogen) atoms. The van der Waals surface area contributed by atoms with Gasteiger partial charge in [0.15, 0.2) is 0 Å². The van der Waals surface area contributed by atoms with Crippen molar-refractivity contribution in [2.45, 2.75) is 27.2 Å². The van der Waals surface area contributed by atoms with Crippen molar-refractivity contribution in [3.05, 3.63) is 35.4 Å². The molecular formula is C19H18O2S. The van der Waals surface area contributed by atoms with E-state index in [2.05, 4.69) is 38.2 Å². The highest BCUT2D eigenvalue weighted by molar-refractivity contribution is 7.26. The third kappa shape index (κ3) is 2.30. The van der Waals surface area contributed by atoms with Crippen molar-refractivity contribution < 1.29 is 9.47 Å². The van der Waals surface area contributed by atoms with Crippen molar-refractivity contribution in [3.8, 4) is 24.0 Å². The second-order valence-electron chi connectivity index (χ2n) is 5.30. The van der Waals surface area contributed by atoms with Crippen LogP contribution in [0.25, 0.3) is 20.2 Å². The Bertz CT molecular complexity index is 884. The van der Waals surface area contributed by atoms with Crippen LogP contribution >= 0.6 is 11.3 Å². The van der Waals surface area contributed by atoms with Crippen molar-refractivity contribution in [1.29, 1.82) is 0 Å². The molecule has 0 saturated heterocycles. The molecule has 0 atom stereocenters. The van der Waals surface area contributed by atoms with Crippen molar-refractivity contribution in [3.63, 3.8) is 0 Å². The molecule has 112 valence electrons. The fraction of sp³-hybridized carbons (Fsp3) is 0.263. The lowest BCUT2D eigenvalue weighted by Gasteiger charge is -2.08. The van der Waals surface area contributed by atoms with E-state index in [9.17, 15) is 0 Å². The topological polar surface area (TPSA) is 18.5 Å². The lowest BCUT2D eigenvalue weighted by molar-refractivity contribution is 0.316. The van der Waals surface area contributed by atoms with Crippen molar-refractivity contribution >= 4 is 31.5 Å². The Hall–Kier alpha value is -2.18. The summed E-state index contributed by atoms with van der Waals surface area (Å²) in [4.78, 5) is 0. The Balaban J connectivity index is 2.22. The monoisotopic (exact) mass is 310 g/mol. The number of hydrogen-bond donors (Lipinski definition) is 0. The van der Waals surface area contributed by atoms with Gasteiger partial charge in [0.2, 0.25) is 0 Å². The molecule has 0 amide bonds. The normalized spacial score (nSPS) is 10.8. The fourth-order valence-corrected chi connectivity index (χ4v) is 3.97. The van der Waals surface area contributed by atoms with E-state index < -0.39 is 0 Å². The highest BCUT2D eigenvalue weighted by Crippen LogP contribution is 2.42. The summed E-state index contributed by atoms with van der Waals surface area (Å²) in [5.74, 6) is 1.72. The smallest absolute Gasteiger partial charge is 0.144 e. The molecule has 0 aliphatic heterocycles. The van der Waals surface area contributed by atoms with Crippen molar-refractivity contribution in [2.75, 3.05) is 6.61 Å². The molecule has 0 saturated carbocycles. The molecule has 0 aliphatic rings. The van der Waals surface area contributed by atoms with Gasteiger partial charge in [-0.2, -0.15) is 0 Å². The van der Waals surface area contributed by atoms with E-state index in [1.807, 2.05) is 13.0 Å². The molecule has 0 spiro atoms. The molecule has 3 rings (SSSR count). The number of ether oxygens (including phenoxy) is 2. The van der Waals surface area contributed by atoms with Gasteiger partial charge in [0.05, 0.1) is 6.61 Å². The van der Waals surface area contributed by atoms with Crippen LogP contribution in [0.15, 0.2) is 24.3 Å². The number of rotatable bonds is 4. The van der Waals surface area contributed by atoms with E-state index in [0.717, 1.165) is 30.1 Å². The highest BCUT2D eigenvalue weighted by Gasteiger charge is 2.14. The summed E-state index contributed by atoms with van der Waals surface area (Å²) in [6.07, 6.45) is 8.52. The first kappa shape index (κ1) is 14.7. The van der Waals surface area contributed by atoms with E-state index in [0.29, 0.717) is 0 Å². The summed E-state index contributed by atoms with van der Waals surface area (Å²) in [6.45, 7) is 7.03. The minimum atomic E-state index is 0.746. The van der Waals surface area contributed by atoms with Gasteiger partial charge in [0.25, 0.3) is 0 Å². The van der Waals surface area contributed by atoms with Crippen molar-refractivity contribution in [2.24, 2.45) is 0 Å². The molecule has 1 aromatic heterocycles. The van der Waals surface area contributed by atoms with Gasteiger partial charge in [-0.3, -0.25) is 0 Å². The van der Waals surface area contributed by atoms with Crippen LogP contribution in [-0.4, -0.2) is 6.61 Å². The van der Waals surface area contributed by atoms with E-state index >= 15 is 0 Å². The van der Waals surface area contributed by atoms with Crippen LogP contribution in [-0.2, 0) is 0 Å². The van der Waals surface area contributed by atoms with Gasteiger partial charge in [0, 0.05) is 31.3 Å². The third-order valence-electron chi connectivity index (χ3n) is 3.84. The van der Waals surface area contributed by atoms with Crippen LogP contribution in [0.5, 0.6) is 11.5 Å². The molecule has 0 N–H and O–H groups in total. The van der Waals surface area contributed by atoms with Crippen LogP contribution in [0.4, 0.5) is 0 Å². The second-order valence-corrected chi connectivity index (χ2v) is 6.32. The maximum Gasteiger partial charge on any atom is 0.144 e. The highest BCUT2D eigenvalue weighted by atomic mass is 32.1. The first-order chi connectivity index (χ1) is 10.7. The Labute approximate surface area is 134 Å². The Kier molecular flexibility index (Phi) is 3.96. The summed E-state index contributed by atoms with van der Waals surface area (Å²) < 4.78 is 13.6. The van der Waals surface area contributed by atoms with E-state index in [1.54, 1.807) is 11.3 Å². The molecule has 0 aliphatic carbocycles. The van der Waals surface area contributed by atoms with Gasteiger partial charge < -0.3 is 9.47 Å². The molecule has 3 aromatic rings. The lowest BCUT2D eigenvalue weighted by atomic mass is 10.1. The number of benzene rings is 2. The SMILES string of the molecule is C#COc1ccc2c(sc3c(C)c(OCCC)ccc32)c1C. The minimum absolute atomic E-state index is 0.746. The number of aryl methyl sites for hydroxylation is 2. The average Bonchev–Trinajstić information content (AvgIpc) is 2.90. The number of thiophene rings is 1. The maximum absolute atomic E-state index is 5.84. The lowest BCUT2D eigenvalue weighted by Crippen LogP contribution is -1.96. The van der Waals surface area contributed by atoms with E-state index in [-0.39, 0.29) is 0 Å². The molecule has 2 aromatic carbocycles. The summed E-state index contributed by atoms with van der Waals surface area (Å²) >= 11 is 1.77. The van der Waals surface area contributed by atoms with Crippen LogP contribution < -0.4 is 9.47 Å². The molecule has 0 bridgehead atoms. The number of fused-ring (bicyclic) bond motifs is 3. The summed E-state index contributed by atoms with van der Waals surface area (Å²) in [5.41, 5.74) is 2.29. The van der Waals surface area contributed by atoms with Gasteiger partial charge >= 0.3 is 0 Å². The van der Waals surface area contributed by atoms with Gasteiger partial charge in [-0.25, -0.2) is 0 Å². The molecule has 0 unspecified atom stereocenters. The zero-order chi connectivity index (χ0) is 15.7.